The van der Waals surface area contributed by atoms with Crippen LogP contribution in [-0.4, -0.2) is 86.2 Å². The topological polar surface area (TPSA) is 135 Å². The second kappa shape index (κ2) is 11.5. The molecule has 1 fully saturated rings. The third kappa shape index (κ3) is 5.17. The minimum absolute atomic E-state index is 0.0482. The number of aliphatic hydroxyl groups excluding tert-OH is 1. The zero-order valence-electron chi connectivity index (χ0n) is 25.7. The second-order valence-corrected chi connectivity index (χ2v) is 12.4. The van der Waals surface area contributed by atoms with E-state index >= 15 is 4.39 Å². The summed E-state index contributed by atoms with van der Waals surface area (Å²) in [4.78, 5) is 44.0. The number of anilines is 1. The van der Waals surface area contributed by atoms with Crippen LogP contribution in [0.25, 0.3) is 27.7 Å². The van der Waals surface area contributed by atoms with Crippen molar-refractivity contribution in [3.63, 3.8) is 0 Å². The molecule has 3 aliphatic rings. The molecule has 0 radical (unpaired) electrons. The van der Waals surface area contributed by atoms with E-state index in [1.54, 1.807) is 18.5 Å². The molecular formula is C34H35FN6O5. The van der Waals surface area contributed by atoms with Crippen molar-refractivity contribution >= 4 is 34.4 Å². The predicted molar refractivity (Wildman–Crippen MR) is 170 cm³/mol. The Morgan fingerprint density at radius 1 is 1.07 bits per heavy atom. The maximum absolute atomic E-state index is 15.4. The van der Waals surface area contributed by atoms with Crippen molar-refractivity contribution in [3.05, 3.63) is 77.0 Å². The Labute approximate surface area is 264 Å². The van der Waals surface area contributed by atoms with Crippen molar-refractivity contribution in [3.8, 4) is 16.9 Å². The molecule has 0 saturated carbocycles. The van der Waals surface area contributed by atoms with Crippen LogP contribution in [0.4, 0.5) is 15.0 Å². The Bertz CT molecular complexity index is 1890. The number of urea groups is 1. The maximum atomic E-state index is 15.4. The highest BCUT2D eigenvalue weighted by atomic mass is 19.1. The van der Waals surface area contributed by atoms with Crippen LogP contribution in [0.1, 0.15) is 53.9 Å². The number of ether oxygens (including phenoxy) is 1. The van der Waals surface area contributed by atoms with E-state index in [9.17, 15) is 19.8 Å². The van der Waals surface area contributed by atoms with E-state index in [2.05, 4.69) is 21.0 Å². The number of amides is 3. The highest BCUT2D eigenvalue weighted by molar-refractivity contribution is 6.09. The van der Waals surface area contributed by atoms with Crippen LogP contribution < -0.4 is 9.64 Å². The van der Waals surface area contributed by atoms with Crippen molar-refractivity contribution in [1.82, 2.24) is 24.8 Å². The van der Waals surface area contributed by atoms with Gasteiger partial charge in [0.1, 0.15) is 35.2 Å². The first kappa shape index (κ1) is 29.9. The smallest absolute Gasteiger partial charge is 0.320 e. The number of halogens is 1. The Kier molecular flexibility index (Phi) is 7.48. The summed E-state index contributed by atoms with van der Waals surface area (Å²) in [6.45, 7) is 5.58. The van der Waals surface area contributed by atoms with E-state index in [4.69, 9.17) is 4.74 Å². The average molecular weight is 627 g/mol. The summed E-state index contributed by atoms with van der Waals surface area (Å²) in [7, 11) is 0. The zero-order valence-corrected chi connectivity index (χ0v) is 25.7. The lowest BCUT2D eigenvalue weighted by Gasteiger charge is -2.37. The van der Waals surface area contributed by atoms with Crippen LogP contribution in [0.2, 0.25) is 0 Å². The monoisotopic (exact) mass is 626 g/mol. The summed E-state index contributed by atoms with van der Waals surface area (Å²) in [6.07, 6.45) is 7.08. The van der Waals surface area contributed by atoms with Gasteiger partial charge in [0.05, 0.1) is 18.8 Å². The highest BCUT2D eigenvalue weighted by Crippen LogP contribution is 2.38. The van der Waals surface area contributed by atoms with Crippen LogP contribution in [0.5, 0.6) is 5.75 Å². The number of benzene rings is 1. The van der Waals surface area contributed by atoms with E-state index in [1.165, 1.54) is 24.8 Å². The van der Waals surface area contributed by atoms with Gasteiger partial charge in [-0.25, -0.2) is 19.2 Å². The van der Waals surface area contributed by atoms with Crippen molar-refractivity contribution in [2.45, 2.75) is 38.9 Å². The fraction of sp³-hybridized carbons (Fsp3) is 0.353. The molecule has 4 aromatic rings. The van der Waals surface area contributed by atoms with Gasteiger partial charge >= 0.3 is 6.03 Å². The molecule has 0 atom stereocenters. The summed E-state index contributed by atoms with van der Waals surface area (Å²) >= 11 is 0. The van der Waals surface area contributed by atoms with Crippen molar-refractivity contribution in [1.29, 1.82) is 0 Å². The molecule has 3 N–H and O–H groups in total. The molecule has 3 aliphatic heterocycles. The lowest BCUT2D eigenvalue weighted by Crippen LogP contribution is -2.50. The number of pyridine rings is 2. The van der Waals surface area contributed by atoms with Crippen LogP contribution in [0.3, 0.4) is 0 Å². The number of aromatic nitrogens is 3. The summed E-state index contributed by atoms with van der Waals surface area (Å²) in [5, 5.41) is 21.9. The van der Waals surface area contributed by atoms with E-state index in [1.807, 2.05) is 21.9 Å². The van der Waals surface area contributed by atoms with Crippen LogP contribution >= 0.6 is 0 Å². The lowest BCUT2D eigenvalue weighted by atomic mass is 9.95. The Morgan fingerprint density at radius 3 is 2.54 bits per heavy atom. The van der Waals surface area contributed by atoms with Gasteiger partial charge < -0.3 is 29.7 Å². The van der Waals surface area contributed by atoms with Gasteiger partial charge in [0.2, 0.25) is 0 Å². The van der Waals surface area contributed by atoms with Crippen LogP contribution in [-0.2, 0) is 12.2 Å². The number of likely N-dealkylation sites (tertiary alicyclic amines) is 1. The molecule has 12 heteroatoms. The Hall–Kier alpha value is -4.81. The fourth-order valence-electron chi connectivity index (χ4n) is 6.29. The standard InChI is InChI=1S/C34H35FN6O5/c1-34(2,45)21-16-26(35)29-28(17-21)46-15-14-41(32(29)43)31-25(19-42)23(5-9-37-31)22-4-8-36-30-24(22)18-27(38-30)20-6-12-40(13-7-20)33(44)39-10-3-11-39/h4-6,8-9,16-18,42,45H,3,7,10-15,19H2,1-2H3,(H,36,38). The van der Waals surface area contributed by atoms with Gasteiger partial charge in [-0.15, -0.1) is 0 Å². The molecule has 3 aromatic heterocycles. The summed E-state index contributed by atoms with van der Waals surface area (Å²) in [5.74, 6) is -1.21. The number of nitrogens with one attached hydrogen (secondary N) is 1. The van der Waals surface area contributed by atoms with Gasteiger partial charge in [-0.05, 0) is 79.3 Å². The number of aliphatic hydroxyl groups is 2. The van der Waals surface area contributed by atoms with Crippen LogP contribution in [0, 0.1) is 5.82 Å². The van der Waals surface area contributed by atoms with E-state index in [0.717, 1.165) is 47.8 Å². The number of aromatic amines is 1. The molecule has 46 heavy (non-hydrogen) atoms. The quantitative estimate of drug-likeness (QED) is 0.298. The molecule has 6 heterocycles. The molecule has 0 aliphatic carbocycles. The number of carbonyl (C=O) groups is 2. The molecule has 7 rings (SSSR count). The third-order valence-corrected chi connectivity index (χ3v) is 9.01. The third-order valence-electron chi connectivity index (χ3n) is 9.01. The largest absolute Gasteiger partial charge is 0.491 e. The number of hydrogen-bond donors (Lipinski definition) is 3. The zero-order chi connectivity index (χ0) is 32.2. The number of H-pyrrole nitrogens is 1. The minimum Gasteiger partial charge on any atom is -0.491 e. The molecular weight excluding hydrogens is 591 g/mol. The highest BCUT2D eigenvalue weighted by Gasteiger charge is 2.33. The van der Waals surface area contributed by atoms with Gasteiger partial charge in [-0.3, -0.25) is 9.69 Å². The maximum Gasteiger partial charge on any atom is 0.320 e. The van der Waals surface area contributed by atoms with E-state index in [0.29, 0.717) is 36.3 Å². The number of hydrogen-bond acceptors (Lipinski definition) is 7. The van der Waals surface area contributed by atoms with Crippen molar-refractivity contribution in [2.24, 2.45) is 0 Å². The molecule has 238 valence electrons. The molecule has 0 spiro atoms. The first-order valence-electron chi connectivity index (χ1n) is 15.4. The van der Waals surface area contributed by atoms with Gasteiger partial charge in [-0.1, -0.05) is 6.08 Å². The minimum atomic E-state index is -1.33. The molecule has 0 unspecified atom stereocenters. The van der Waals surface area contributed by atoms with E-state index < -0.39 is 23.9 Å². The average Bonchev–Trinajstić information content (AvgIpc) is 3.38. The summed E-state index contributed by atoms with van der Waals surface area (Å²) in [5.41, 5.74) is 3.21. The van der Waals surface area contributed by atoms with Gasteiger partial charge in [-0.2, -0.15) is 0 Å². The summed E-state index contributed by atoms with van der Waals surface area (Å²) < 4.78 is 21.2. The first-order valence-corrected chi connectivity index (χ1v) is 15.4. The normalized spacial score (nSPS) is 16.9. The first-order chi connectivity index (χ1) is 22.1. The summed E-state index contributed by atoms with van der Waals surface area (Å²) in [6, 6.07) is 8.36. The predicted octanol–water partition coefficient (Wildman–Crippen LogP) is 4.44. The van der Waals surface area contributed by atoms with Crippen LogP contribution in [0.15, 0.2) is 48.8 Å². The molecule has 3 amide bonds. The Morgan fingerprint density at radius 2 is 1.85 bits per heavy atom. The fourth-order valence-corrected chi connectivity index (χ4v) is 6.29. The molecule has 11 nitrogen and oxygen atoms in total. The number of rotatable bonds is 5. The number of carbonyl (C=O) groups excluding carboxylic acids is 2. The van der Waals surface area contributed by atoms with Crippen molar-refractivity contribution in [2.75, 3.05) is 44.2 Å². The SMILES string of the molecule is CC(C)(O)c1cc(F)c2c(c1)OCCN(c1nccc(-c3ccnc4[nH]c(C5=CCN(C(=O)N6CCC6)CC5)cc34)c1CO)C2=O. The molecule has 1 saturated heterocycles. The Balaban J connectivity index is 1.23. The lowest BCUT2D eigenvalue weighted by molar-refractivity contribution is 0.0777. The van der Waals surface area contributed by atoms with E-state index in [-0.39, 0.29) is 41.9 Å². The number of fused-ring (bicyclic) bond motifs is 2. The van der Waals surface area contributed by atoms with Gasteiger partial charge in [0.25, 0.3) is 5.91 Å². The van der Waals surface area contributed by atoms with Gasteiger partial charge in [0, 0.05) is 55.2 Å². The van der Waals surface area contributed by atoms with Gasteiger partial charge in [0.15, 0.2) is 0 Å². The second-order valence-electron chi connectivity index (χ2n) is 12.4. The molecule has 0 bridgehead atoms. The number of nitrogens with zero attached hydrogens (tertiary/aromatic N) is 5. The van der Waals surface area contributed by atoms with Crippen molar-refractivity contribution < 1.29 is 28.9 Å². The molecule has 1 aromatic carbocycles.